The lowest BCUT2D eigenvalue weighted by Crippen LogP contribution is -2.60. The van der Waals surface area contributed by atoms with Crippen molar-refractivity contribution in [3.05, 3.63) is 18.2 Å². The molecule has 0 aliphatic carbocycles. The van der Waals surface area contributed by atoms with Gasteiger partial charge in [-0.2, -0.15) is 0 Å². The van der Waals surface area contributed by atoms with Crippen molar-refractivity contribution < 1.29 is 44.1 Å². The molecule has 16 nitrogen and oxygen atoms in total. The SMILES string of the molecule is CC(O)C(NC(=O)C(N)CC(=O)O)C(=O)NC(CC(N)=O)C(=O)NC(Cc1cnc[nH]1)C(=O)O. The Morgan fingerprint density at radius 3 is 2.09 bits per heavy atom. The normalized spacial score (nSPS) is 15.1. The Morgan fingerprint density at radius 2 is 1.62 bits per heavy atom. The van der Waals surface area contributed by atoms with E-state index in [1.54, 1.807) is 0 Å². The van der Waals surface area contributed by atoms with Gasteiger partial charge >= 0.3 is 11.9 Å². The zero-order chi connectivity index (χ0) is 26.0. The molecule has 0 fully saturated rings. The average Bonchev–Trinajstić information content (AvgIpc) is 3.22. The number of nitrogens with one attached hydrogen (secondary N) is 4. The minimum Gasteiger partial charge on any atom is -0.481 e. The highest BCUT2D eigenvalue weighted by Gasteiger charge is 2.33. The van der Waals surface area contributed by atoms with Crippen LogP contribution in [0.5, 0.6) is 0 Å². The number of rotatable bonds is 14. The second-order valence-electron chi connectivity index (χ2n) is 7.34. The third kappa shape index (κ3) is 9.21. The molecule has 1 aromatic heterocycles. The van der Waals surface area contributed by atoms with Crippen LogP contribution in [-0.2, 0) is 35.2 Å². The number of aromatic nitrogens is 2. The number of hydrogen-bond donors (Lipinski definition) is 9. The van der Waals surface area contributed by atoms with E-state index in [1.807, 2.05) is 0 Å². The molecule has 1 heterocycles. The lowest BCUT2D eigenvalue weighted by atomic mass is 10.1. The fraction of sp³-hybridized carbons (Fsp3) is 0.500. The van der Waals surface area contributed by atoms with E-state index in [0.717, 1.165) is 6.92 Å². The van der Waals surface area contributed by atoms with E-state index < -0.39 is 78.7 Å². The summed E-state index contributed by atoms with van der Waals surface area (Å²) in [4.78, 5) is 77.4. The molecule has 16 heteroatoms. The van der Waals surface area contributed by atoms with E-state index in [0.29, 0.717) is 5.69 Å². The number of H-pyrrole nitrogens is 1. The Labute approximate surface area is 192 Å². The van der Waals surface area contributed by atoms with Crippen molar-refractivity contribution in [1.82, 2.24) is 25.9 Å². The van der Waals surface area contributed by atoms with Crippen molar-refractivity contribution in [2.45, 2.75) is 56.5 Å². The number of aliphatic hydroxyl groups excluding tert-OH is 1. The first-order chi connectivity index (χ1) is 15.8. The Bertz CT molecular complexity index is 904. The predicted molar refractivity (Wildman–Crippen MR) is 111 cm³/mol. The van der Waals surface area contributed by atoms with Crippen molar-refractivity contribution in [3.8, 4) is 0 Å². The minimum absolute atomic E-state index is 0.188. The molecule has 0 aromatic carbocycles. The smallest absolute Gasteiger partial charge is 0.326 e. The number of nitrogens with two attached hydrogens (primary N) is 2. The van der Waals surface area contributed by atoms with Crippen LogP contribution in [0.15, 0.2) is 12.5 Å². The van der Waals surface area contributed by atoms with Gasteiger partial charge in [0.25, 0.3) is 0 Å². The van der Waals surface area contributed by atoms with Gasteiger partial charge in [-0.3, -0.25) is 24.0 Å². The number of imidazole rings is 1. The maximum absolute atomic E-state index is 12.6. The highest BCUT2D eigenvalue weighted by Crippen LogP contribution is 2.03. The third-order valence-corrected chi connectivity index (χ3v) is 4.43. The third-order valence-electron chi connectivity index (χ3n) is 4.43. The second-order valence-corrected chi connectivity index (χ2v) is 7.34. The summed E-state index contributed by atoms with van der Waals surface area (Å²) >= 11 is 0. The first-order valence-electron chi connectivity index (χ1n) is 9.86. The molecule has 188 valence electrons. The number of carbonyl (C=O) groups is 6. The molecule has 0 aliphatic heterocycles. The van der Waals surface area contributed by atoms with Crippen molar-refractivity contribution in [1.29, 1.82) is 0 Å². The molecule has 0 spiro atoms. The Kier molecular flexibility index (Phi) is 10.6. The highest BCUT2D eigenvalue weighted by molar-refractivity contribution is 5.96. The first kappa shape index (κ1) is 28.0. The van der Waals surface area contributed by atoms with Crippen molar-refractivity contribution in [2.75, 3.05) is 0 Å². The molecule has 0 saturated carbocycles. The number of aliphatic hydroxyl groups is 1. The Morgan fingerprint density at radius 1 is 1.00 bits per heavy atom. The lowest BCUT2D eigenvalue weighted by molar-refractivity contribution is -0.142. The number of primary amides is 1. The molecule has 0 bridgehead atoms. The number of carbonyl (C=O) groups excluding carboxylic acids is 4. The molecule has 5 atom stereocenters. The van der Waals surface area contributed by atoms with Gasteiger partial charge in [0.1, 0.15) is 18.1 Å². The van der Waals surface area contributed by atoms with Gasteiger partial charge in [-0.05, 0) is 6.92 Å². The zero-order valence-corrected chi connectivity index (χ0v) is 18.1. The number of aromatic amines is 1. The van der Waals surface area contributed by atoms with E-state index in [1.165, 1.54) is 12.5 Å². The minimum atomic E-state index is -1.68. The molecule has 11 N–H and O–H groups in total. The molecule has 0 radical (unpaired) electrons. The fourth-order valence-corrected chi connectivity index (χ4v) is 2.71. The Balaban J connectivity index is 2.96. The summed E-state index contributed by atoms with van der Waals surface area (Å²) in [6.07, 6.45) is -0.543. The van der Waals surface area contributed by atoms with Crippen LogP contribution in [0.2, 0.25) is 0 Å². The maximum Gasteiger partial charge on any atom is 0.326 e. The van der Waals surface area contributed by atoms with Crippen molar-refractivity contribution in [2.24, 2.45) is 11.5 Å². The van der Waals surface area contributed by atoms with E-state index in [2.05, 4.69) is 25.9 Å². The van der Waals surface area contributed by atoms with E-state index in [9.17, 15) is 39.0 Å². The molecular weight excluding hydrogens is 458 g/mol. The van der Waals surface area contributed by atoms with Crippen LogP contribution in [0.3, 0.4) is 0 Å². The predicted octanol–water partition coefficient (Wildman–Crippen LogP) is -4.45. The summed E-state index contributed by atoms with van der Waals surface area (Å²) in [5.41, 5.74) is 10.9. The summed E-state index contributed by atoms with van der Waals surface area (Å²) in [7, 11) is 0. The molecule has 0 aliphatic rings. The summed E-state index contributed by atoms with van der Waals surface area (Å²) in [5, 5.41) is 34.3. The van der Waals surface area contributed by atoms with Gasteiger partial charge in [0.2, 0.25) is 23.6 Å². The topological polar surface area (TPSA) is 280 Å². The number of nitrogens with zero attached hydrogens (tertiary/aromatic N) is 1. The van der Waals surface area contributed by atoms with Gasteiger partial charge in [0.05, 0.1) is 31.3 Å². The van der Waals surface area contributed by atoms with Crippen molar-refractivity contribution >= 4 is 35.6 Å². The highest BCUT2D eigenvalue weighted by atomic mass is 16.4. The van der Waals surface area contributed by atoms with Crippen LogP contribution < -0.4 is 27.4 Å². The van der Waals surface area contributed by atoms with Crippen LogP contribution in [0.1, 0.15) is 25.5 Å². The van der Waals surface area contributed by atoms with Gasteiger partial charge in [-0.1, -0.05) is 0 Å². The number of amides is 4. The molecule has 1 rings (SSSR count). The average molecular weight is 485 g/mol. The van der Waals surface area contributed by atoms with Gasteiger partial charge in [-0.15, -0.1) is 0 Å². The number of aliphatic carboxylic acids is 2. The molecule has 0 saturated heterocycles. The van der Waals surface area contributed by atoms with Crippen LogP contribution in [-0.4, -0.2) is 91.1 Å². The maximum atomic E-state index is 12.6. The lowest BCUT2D eigenvalue weighted by Gasteiger charge is -2.25. The van der Waals surface area contributed by atoms with E-state index in [-0.39, 0.29) is 6.42 Å². The molecule has 5 unspecified atom stereocenters. The van der Waals surface area contributed by atoms with Crippen molar-refractivity contribution in [3.63, 3.8) is 0 Å². The quantitative estimate of drug-likeness (QED) is 0.121. The molecule has 1 aromatic rings. The summed E-state index contributed by atoms with van der Waals surface area (Å²) in [6, 6.07) is -6.33. The zero-order valence-electron chi connectivity index (χ0n) is 18.1. The van der Waals surface area contributed by atoms with Crippen LogP contribution in [0, 0.1) is 0 Å². The first-order valence-corrected chi connectivity index (χ1v) is 9.86. The Hall–Kier alpha value is -4.05. The van der Waals surface area contributed by atoms with Gasteiger partial charge in [0.15, 0.2) is 0 Å². The van der Waals surface area contributed by atoms with E-state index in [4.69, 9.17) is 16.6 Å². The second kappa shape index (κ2) is 12.9. The molecular formula is C18H27N7O9. The van der Waals surface area contributed by atoms with Gasteiger partial charge < -0.3 is 47.7 Å². The molecule has 34 heavy (non-hydrogen) atoms. The summed E-state index contributed by atoms with van der Waals surface area (Å²) < 4.78 is 0. The summed E-state index contributed by atoms with van der Waals surface area (Å²) in [5.74, 6) is -7.06. The van der Waals surface area contributed by atoms with Crippen LogP contribution in [0.4, 0.5) is 0 Å². The summed E-state index contributed by atoms with van der Waals surface area (Å²) in [6.45, 7) is 1.13. The van der Waals surface area contributed by atoms with Gasteiger partial charge in [0, 0.05) is 18.3 Å². The van der Waals surface area contributed by atoms with Crippen LogP contribution in [0.25, 0.3) is 0 Å². The monoisotopic (exact) mass is 485 g/mol. The van der Waals surface area contributed by atoms with Crippen LogP contribution >= 0.6 is 0 Å². The largest absolute Gasteiger partial charge is 0.481 e. The number of carboxylic acids is 2. The van der Waals surface area contributed by atoms with E-state index >= 15 is 0 Å². The fourth-order valence-electron chi connectivity index (χ4n) is 2.71. The molecule has 4 amide bonds. The standard InChI is InChI=1S/C18H27N7O9/c1-7(26)14(25-15(30)9(19)3-13(28)29)17(32)23-10(4-12(20)27)16(31)24-11(18(33)34)2-8-5-21-6-22-8/h5-7,9-11,14,26H,2-4,19H2,1H3,(H2,20,27)(H,21,22)(H,23,32)(H,24,31)(H,25,30)(H,28,29)(H,33,34). The number of hydrogen-bond acceptors (Lipinski definition) is 9. The van der Waals surface area contributed by atoms with Gasteiger partial charge in [-0.25, -0.2) is 9.78 Å². The number of carboxylic acid groups (broad SMARTS) is 2.